The second-order valence-corrected chi connectivity index (χ2v) is 7.73. The van der Waals surface area contributed by atoms with Gasteiger partial charge >= 0.3 is 0 Å². The van der Waals surface area contributed by atoms with Crippen molar-refractivity contribution >= 4 is 10.2 Å². The Morgan fingerprint density at radius 2 is 1.89 bits per heavy atom. The van der Waals surface area contributed by atoms with Crippen LogP contribution in [0.4, 0.5) is 0 Å². The van der Waals surface area contributed by atoms with Crippen LogP contribution in [0, 0.1) is 17.3 Å². The normalized spacial score (nSPS) is 32.7. The molecule has 0 radical (unpaired) electrons. The highest BCUT2D eigenvalue weighted by Crippen LogP contribution is 2.54. The van der Waals surface area contributed by atoms with E-state index in [2.05, 4.69) is 19.2 Å². The molecule has 0 aromatic carbocycles. The largest absolute Gasteiger partial charge is 0.316 e. The van der Waals surface area contributed by atoms with Gasteiger partial charge in [0.15, 0.2) is 0 Å². The van der Waals surface area contributed by atoms with Gasteiger partial charge in [0.05, 0.1) is 0 Å². The van der Waals surface area contributed by atoms with E-state index in [-0.39, 0.29) is 0 Å². The lowest BCUT2D eigenvalue weighted by atomic mass is 9.51. The van der Waals surface area contributed by atoms with Crippen LogP contribution in [0.1, 0.15) is 33.1 Å². The number of piperidine rings is 1. The average molecular weight is 275 g/mol. The Morgan fingerprint density at radius 3 is 2.28 bits per heavy atom. The summed E-state index contributed by atoms with van der Waals surface area (Å²) in [5.41, 5.74) is 0.297. The van der Waals surface area contributed by atoms with Crippen molar-refractivity contribution in [2.45, 2.75) is 39.2 Å². The van der Waals surface area contributed by atoms with Crippen molar-refractivity contribution in [2.24, 2.45) is 22.4 Å². The Balaban J connectivity index is 2.01. The van der Waals surface area contributed by atoms with Crippen molar-refractivity contribution in [3.63, 3.8) is 0 Å². The van der Waals surface area contributed by atoms with Gasteiger partial charge in [0.1, 0.15) is 0 Å². The molecule has 2 unspecified atom stereocenters. The maximum atomic E-state index is 11.3. The third-order valence-corrected chi connectivity index (χ3v) is 6.06. The van der Waals surface area contributed by atoms with E-state index in [9.17, 15) is 8.42 Å². The van der Waals surface area contributed by atoms with Crippen LogP contribution in [0.25, 0.3) is 0 Å². The molecule has 5 nitrogen and oxygen atoms in total. The van der Waals surface area contributed by atoms with Gasteiger partial charge in [0.2, 0.25) is 0 Å². The third kappa shape index (κ3) is 2.31. The van der Waals surface area contributed by atoms with Crippen LogP contribution in [0.2, 0.25) is 0 Å². The molecule has 6 heteroatoms. The number of nitrogens with two attached hydrogens (primary N) is 1. The lowest BCUT2D eigenvalue weighted by molar-refractivity contribution is -0.0599. The Hall–Kier alpha value is -0.170. The van der Waals surface area contributed by atoms with E-state index < -0.39 is 10.2 Å². The fourth-order valence-electron chi connectivity index (χ4n) is 3.85. The summed E-state index contributed by atoms with van der Waals surface area (Å²) >= 11 is 0. The van der Waals surface area contributed by atoms with E-state index in [1.165, 1.54) is 10.7 Å². The van der Waals surface area contributed by atoms with Crippen molar-refractivity contribution in [3.8, 4) is 0 Å². The molecule has 2 aliphatic rings. The first kappa shape index (κ1) is 14.2. The molecular formula is C12H25N3O2S. The van der Waals surface area contributed by atoms with Crippen molar-refractivity contribution in [1.82, 2.24) is 9.62 Å². The molecule has 1 saturated carbocycles. The summed E-state index contributed by atoms with van der Waals surface area (Å²) in [4.78, 5) is 0. The van der Waals surface area contributed by atoms with Crippen LogP contribution >= 0.6 is 0 Å². The standard InChI is InChI=1S/C12H25N3O2S/c1-9(2)10-8-12(11(10)14-3)4-6-15(7-5-12)18(13,16)17/h9-11,14H,4-8H2,1-3H3,(H2,13,16,17). The van der Waals surface area contributed by atoms with Gasteiger partial charge in [-0.2, -0.15) is 12.7 Å². The van der Waals surface area contributed by atoms with Crippen LogP contribution in [0.3, 0.4) is 0 Å². The molecule has 0 amide bonds. The monoisotopic (exact) mass is 275 g/mol. The highest BCUT2D eigenvalue weighted by Gasteiger charge is 2.54. The van der Waals surface area contributed by atoms with Crippen LogP contribution in [-0.4, -0.2) is 38.9 Å². The maximum Gasteiger partial charge on any atom is 0.276 e. The number of hydrogen-bond donors (Lipinski definition) is 2. The van der Waals surface area contributed by atoms with Crippen molar-refractivity contribution in [1.29, 1.82) is 0 Å². The molecule has 2 fully saturated rings. The van der Waals surface area contributed by atoms with Crippen molar-refractivity contribution in [3.05, 3.63) is 0 Å². The Kier molecular flexibility index (Phi) is 3.75. The van der Waals surface area contributed by atoms with Gasteiger partial charge in [-0.3, -0.25) is 0 Å². The molecular weight excluding hydrogens is 250 g/mol. The molecule has 0 aromatic heterocycles. The van der Waals surface area contributed by atoms with E-state index in [1.807, 2.05) is 7.05 Å². The lowest BCUT2D eigenvalue weighted by Crippen LogP contribution is -2.64. The van der Waals surface area contributed by atoms with Crippen molar-refractivity contribution in [2.75, 3.05) is 20.1 Å². The summed E-state index contributed by atoms with van der Waals surface area (Å²) in [5.74, 6) is 1.40. The number of nitrogens with one attached hydrogen (secondary N) is 1. The van der Waals surface area contributed by atoms with E-state index in [0.29, 0.717) is 30.5 Å². The fourth-order valence-corrected chi connectivity index (χ4v) is 4.54. The van der Waals surface area contributed by atoms with E-state index in [4.69, 9.17) is 5.14 Å². The second kappa shape index (κ2) is 4.74. The van der Waals surface area contributed by atoms with Crippen LogP contribution in [0.15, 0.2) is 0 Å². The predicted molar refractivity (Wildman–Crippen MR) is 72.1 cm³/mol. The summed E-state index contributed by atoms with van der Waals surface area (Å²) in [7, 11) is -1.48. The molecule has 1 heterocycles. The Bertz CT molecular complexity index is 400. The summed E-state index contributed by atoms with van der Waals surface area (Å²) < 4.78 is 24.0. The molecule has 106 valence electrons. The Morgan fingerprint density at radius 1 is 1.33 bits per heavy atom. The van der Waals surface area contributed by atoms with Gasteiger partial charge in [0, 0.05) is 19.1 Å². The van der Waals surface area contributed by atoms with Gasteiger partial charge < -0.3 is 5.32 Å². The van der Waals surface area contributed by atoms with E-state index in [1.54, 1.807) is 0 Å². The third-order valence-electron chi connectivity index (χ3n) is 4.98. The molecule has 1 aliphatic heterocycles. The van der Waals surface area contributed by atoms with Gasteiger partial charge in [0.25, 0.3) is 10.2 Å². The molecule has 18 heavy (non-hydrogen) atoms. The minimum absolute atomic E-state index is 0.297. The van der Waals surface area contributed by atoms with E-state index >= 15 is 0 Å². The fraction of sp³-hybridized carbons (Fsp3) is 1.00. The summed E-state index contributed by atoms with van der Waals surface area (Å²) in [5, 5.41) is 8.63. The zero-order chi connectivity index (χ0) is 13.6. The van der Waals surface area contributed by atoms with Gasteiger partial charge in [-0.1, -0.05) is 13.8 Å². The Labute approximate surface area is 110 Å². The van der Waals surface area contributed by atoms with Crippen molar-refractivity contribution < 1.29 is 8.42 Å². The predicted octanol–water partition coefficient (Wildman–Crippen LogP) is 0.536. The minimum atomic E-state index is -3.50. The quantitative estimate of drug-likeness (QED) is 0.789. The first-order valence-corrected chi connectivity index (χ1v) is 8.25. The molecule has 0 bridgehead atoms. The van der Waals surface area contributed by atoms with Crippen LogP contribution < -0.4 is 10.5 Å². The molecule has 1 aliphatic carbocycles. The highest BCUT2D eigenvalue weighted by molar-refractivity contribution is 7.86. The second-order valence-electron chi connectivity index (χ2n) is 6.18. The van der Waals surface area contributed by atoms with Gasteiger partial charge in [-0.15, -0.1) is 0 Å². The summed E-state index contributed by atoms with van der Waals surface area (Å²) in [6.45, 7) is 5.67. The highest BCUT2D eigenvalue weighted by atomic mass is 32.2. The number of rotatable bonds is 3. The number of hydrogen-bond acceptors (Lipinski definition) is 3. The molecule has 1 spiro atoms. The smallest absolute Gasteiger partial charge is 0.276 e. The molecule has 1 saturated heterocycles. The molecule has 3 N–H and O–H groups in total. The zero-order valence-corrected chi connectivity index (χ0v) is 12.3. The van der Waals surface area contributed by atoms with Crippen LogP contribution in [0.5, 0.6) is 0 Å². The summed E-state index contributed by atoms with van der Waals surface area (Å²) in [6, 6.07) is 0.528. The number of nitrogens with zero attached hydrogens (tertiary/aromatic N) is 1. The molecule has 2 rings (SSSR count). The average Bonchev–Trinajstić information content (AvgIpc) is 2.25. The van der Waals surface area contributed by atoms with Gasteiger partial charge in [-0.05, 0) is 43.6 Å². The van der Waals surface area contributed by atoms with E-state index in [0.717, 1.165) is 18.8 Å². The first-order chi connectivity index (χ1) is 8.30. The maximum absolute atomic E-state index is 11.3. The molecule has 0 aromatic rings. The van der Waals surface area contributed by atoms with Gasteiger partial charge in [-0.25, -0.2) is 5.14 Å². The molecule has 2 atom stereocenters. The zero-order valence-electron chi connectivity index (χ0n) is 11.5. The lowest BCUT2D eigenvalue weighted by Gasteiger charge is -2.59. The van der Waals surface area contributed by atoms with Crippen LogP contribution in [-0.2, 0) is 10.2 Å². The SMILES string of the molecule is CNC1C(C(C)C)CC12CCN(S(N)(=O)=O)CC2. The summed E-state index contributed by atoms with van der Waals surface area (Å²) in [6.07, 6.45) is 3.07. The minimum Gasteiger partial charge on any atom is -0.316 e. The topological polar surface area (TPSA) is 75.4 Å². The first-order valence-electron chi connectivity index (χ1n) is 6.75.